The first-order chi connectivity index (χ1) is 13.4. The first-order valence-electron chi connectivity index (χ1n) is 9.23. The number of alkyl halides is 3. The molecule has 28 heavy (non-hydrogen) atoms. The van der Waals surface area contributed by atoms with Crippen LogP contribution >= 0.6 is 0 Å². The van der Waals surface area contributed by atoms with Crippen LogP contribution < -0.4 is 10.2 Å². The third-order valence-corrected chi connectivity index (χ3v) is 4.69. The normalized spacial score (nSPS) is 15.9. The number of nitrogens with zero attached hydrogens (tertiary/aromatic N) is 3. The molecule has 0 bridgehead atoms. The van der Waals surface area contributed by atoms with Crippen LogP contribution in [0.3, 0.4) is 0 Å². The smallest absolute Gasteiger partial charge is 0.355 e. The lowest BCUT2D eigenvalue weighted by atomic mass is 10.2. The summed E-state index contributed by atoms with van der Waals surface area (Å²) in [5.41, 5.74) is 0.300. The average Bonchev–Trinajstić information content (AvgIpc) is 2.92. The summed E-state index contributed by atoms with van der Waals surface area (Å²) in [7, 11) is 0. The van der Waals surface area contributed by atoms with Crippen molar-refractivity contribution in [1.29, 1.82) is 0 Å². The Morgan fingerprint density at radius 2 is 1.82 bits per heavy atom. The van der Waals surface area contributed by atoms with Crippen LogP contribution in [0.4, 0.5) is 19.0 Å². The van der Waals surface area contributed by atoms with Crippen LogP contribution in [0.25, 0.3) is 0 Å². The first kappa shape index (κ1) is 20.1. The summed E-state index contributed by atoms with van der Waals surface area (Å²) < 4.78 is 38.0. The van der Waals surface area contributed by atoms with Gasteiger partial charge in [0.15, 0.2) is 0 Å². The van der Waals surface area contributed by atoms with E-state index in [0.29, 0.717) is 38.5 Å². The molecule has 8 heteroatoms. The van der Waals surface area contributed by atoms with Crippen molar-refractivity contribution >= 4 is 11.7 Å². The van der Waals surface area contributed by atoms with E-state index in [4.69, 9.17) is 0 Å². The maximum atomic E-state index is 12.7. The Kier molecular flexibility index (Phi) is 6.51. The molecule has 5 nitrogen and oxygen atoms in total. The number of carbonyl (C=O) groups excluding carboxylic acids is 1. The second-order valence-electron chi connectivity index (χ2n) is 6.78. The molecule has 2 heterocycles. The van der Waals surface area contributed by atoms with Crippen LogP contribution in [0.5, 0.6) is 0 Å². The molecule has 0 radical (unpaired) electrons. The van der Waals surface area contributed by atoms with E-state index in [-0.39, 0.29) is 5.91 Å². The summed E-state index contributed by atoms with van der Waals surface area (Å²) in [6.07, 6.45) is -2.70. The Balaban J connectivity index is 1.48. The van der Waals surface area contributed by atoms with E-state index in [1.54, 1.807) is 0 Å². The fraction of sp³-hybridized carbons (Fsp3) is 0.400. The van der Waals surface area contributed by atoms with Crippen molar-refractivity contribution in [1.82, 2.24) is 15.2 Å². The number of benzene rings is 1. The van der Waals surface area contributed by atoms with Crippen LogP contribution in [0.15, 0.2) is 48.7 Å². The van der Waals surface area contributed by atoms with E-state index >= 15 is 0 Å². The van der Waals surface area contributed by atoms with Crippen LogP contribution in [0.2, 0.25) is 0 Å². The van der Waals surface area contributed by atoms with Crippen LogP contribution in [0.1, 0.15) is 17.5 Å². The molecule has 1 saturated heterocycles. The van der Waals surface area contributed by atoms with Gasteiger partial charge in [-0.15, -0.1) is 0 Å². The van der Waals surface area contributed by atoms with Gasteiger partial charge >= 0.3 is 6.18 Å². The summed E-state index contributed by atoms with van der Waals surface area (Å²) in [6, 6.07) is 12.2. The van der Waals surface area contributed by atoms with Gasteiger partial charge in [0.1, 0.15) is 5.82 Å². The maximum absolute atomic E-state index is 12.7. The van der Waals surface area contributed by atoms with Crippen molar-refractivity contribution in [3.05, 3.63) is 59.8 Å². The van der Waals surface area contributed by atoms with Crippen molar-refractivity contribution in [3.63, 3.8) is 0 Å². The highest BCUT2D eigenvalue weighted by Crippen LogP contribution is 2.29. The van der Waals surface area contributed by atoms with Crippen molar-refractivity contribution in [2.45, 2.75) is 19.1 Å². The van der Waals surface area contributed by atoms with Gasteiger partial charge in [-0.1, -0.05) is 30.3 Å². The molecular weight excluding hydrogens is 369 g/mol. The van der Waals surface area contributed by atoms with Crippen molar-refractivity contribution in [2.24, 2.45) is 0 Å². The van der Waals surface area contributed by atoms with Crippen LogP contribution in [-0.2, 0) is 17.5 Å². The molecule has 0 saturated carbocycles. The molecule has 2 aromatic rings. The predicted octanol–water partition coefficient (Wildman–Crippen LogP) is 2.93. The fourth-order valence-corrected chi connectivity index (χ4v) is 3.15. The Morgan fingerprint density at radius 1 is 1.04 bits per heavy atom. The number of carbonyl (C=O) groups is 1. The molecular formula is C20H23F3N4O. The summed E-state index contributed by atoms with van der Waals surface area (Å²) in [6.45, 7) is 3.53. The van der Waals surface area contributed by atoms with Crippen LogP contribution in [0, 0.1) is 0 Å². The zero-order valence-corrected chi connectivity index (χ0v) is 15.5. The van der Waals surface area contributed by atoms with E-state index in [1.165, 1.54) is 6.07 Å². The molecule has 0 unspecified atom stereocenters. The highest BCUT2D eigenvalue weighted by Gasteiger charge is 2.31. The molecule has 1 aromatic carbocycles. The fourth-order valence-electron chi connectivity index (χ4n) is 3.15. The topological polar surface area (TPSA) is 48.5 Å². The van der Waals surface area contributed by atoms with E-state index in [1.807, 2.05) is 35.2 Å². The molecule has 1 aliphatic heterocycles. The Bertz CT molecular complexity index is 765. The van der Waals surface area contributed by atoms with Crippen molar-refractivity contribution in [3.8, 4) is 0 Å². The molecule has 3 rings (SSSR count). The van der Waals surface area contributed by atoms with E-state index < -0.39 is 11.7 Å². The molecule has 150 valence electrons. The molecule has 1 fully saturated rings. The summed E-state index contributed by atoms with van der Waals surface area (Å²) in [4.78, 5) is 20.2. The zero-order valence-electron chi connectivity index (χ0n) is 15.5. The molecule has 1 aliphatic rings. The third kappa shape index (κ3) is 5.69. The minimum atomic E-state index is -4.38. The predicted molar refractivity (Wildman–Crippen MR) is 101 cm³/mol. The number of amides is 1. The summed E-state index contributed by atoms with van der Waals surface area (Å²) in [5.74, 6) is 0.494. The number of rotatable bonds is 5. The lowest BCUT2D eigenvalue weighted by Crippen LogP contribution is -2.39. The van der Waals surface area contributed by atoms with Gasteiger partial charge in [0, 0.05) is 38.9 Å². The molecule has 1 aromatic heterocycles. The van der Waals surface area contributed by atoms with Gasteiger partial charge in [0.05, 0.1) is 12.1 Å². The maximum Gasteiger partial charge on any atom is 0.417 e. The number of aromatic nitrogens is 1. The van der Waals surface area contributed by atoms with Gasteiger partial charge < -0.3 is 10.2 Å². The van der Waals surface area contributed by atoms with Crippen molar-refractivity contribution < 1.29 is 18.0 Å². The highest BCUT2D eigenvalue weighted by molar-refractivity contribution is 5.78. The van der Waals surface area contributed by atoms with Gasteiger partial charge in [0.2, 0.25) is 5.91 Å². The second-order valence-corrected chi connectivity index (χ2v) is 6.78. The van der Waals surface area contributed by atoms with Gasteiger partial charge in [-0.25, -0.2) is 4.98 Å². The SMILES string of the molecule is O=C(CN1CCCN(c2ccc(C(F)(F)F)cn2)CC1)NCc1ccccc1. The van der Waals surface area contributed by atoms with Gasteiger partial charge in [-0.2, -0.15) is 13.2 Å². The molecule has 0 atom stereocenters. The minimum absolute atomic E-state index is 0.0371. The summed E-state index contributed by atoms with van der Waals surface area (Å²) >= 11 is 0. The first-order valence-corrected chi connectivity index (χ1v) is 9.23. The van der Waals surface area contributed by atoms with Gasteiger partial charge in [-0.3, -0.25) is 9.69 Å². The molecule has 1 N–H and O–H groups in total. The summed E-state index contributed by atoms with van der Waals surface area (Å²) in [5, 5.41) is 2.92. The van der Waals surface area contributed by atoms with Gasteiger partial charge in [-0.05, 0) is 24.1 Å². The van der Waals surface area contributed by atoms with E-state index in [2.05, 4.69) is 15.2 Å². The quantitative estimate of drug-likeness (QED) is 0.850. The number of pyridine rings is 1. The lowest BCUT2D eigenvalue weighted by Gasteiger charge is -2.22. The Hall–Kier alpha value is -2.61. The number of anilines is 1. The largest absolute Gasteiger partial charge is 0.417 e. The standard InChI is InChI=1S/C20H23F3N4O/c21-20(22,23)17-7-8-18(24-14-17)27-10-4-9-26(11-12-27)15-19(28)25-13-16-5-2-1-3-6-16/h1-3,5-8,14H,4,9-13,15H2,(H,25,28). The van der Waals surface area contributed by atoms with Crippen LogP contribution in [-0.4, -0.2) is 48.5 Å². The highest BCUT2D eigenvalue weighted by atomic mass is 19.4. The van der Waals surface area contributed by atoms with Crippen molar-refractivity contribution in [2.75, 3.05) is 37.6 Å². The Labute approximate surface area is 162 Å². The zero-order chi connectivity index (χ0) is 20.0. The number of hydrogen-bond donors (Lipinski definition) is 1. The monoisotopic (exact) mass is 392 g/mol. The van der Waals surface area contributed by atoms with E-state index in [0.717, 1.165) is 30.8 Å². The second kappa shape index (κ2) is 9.05. The number of nitrogens with one attached hydrogen (secondary N) is 1. The number of hydrogen-bond acceptors (Lipinski definition) is 4. The lowest BCUT2D eigenvalue weighted by molar-refractivity contribution is -0.137. The third-order valence-electron chi connectivity index (χ3n) is 4.69. The van der Waals surface area contributed by atoms with E-state index in [9.17, 15) is 18.0 Å². The molecule has 1 amide bonds. The molecule has 0 aliphatic carbocycles. The number of halogens is 3. The Morgan fingerprint density at radius 3 is 2.50 bits per heavy atom. The molecule has 0 spiro atoms. The minimum Gasteiger partial charge on any atom is -0.355 e. The average molecular weight is 392 g/mol. The van der Waals surface area contributed by atoms with Gasteiger partial charge in [0.25, 0.3) is 0 Å².